The van der Waals surface area contributed by atoms with Crippen molar-refractivity contribution in [2.75, 3.05) is 5.32 Å². The first-order valence-corrected chi connectivity index (χ1v) is 9.64. The first kappa shape index (κ1) is 20.4. The molecule has 0 aliphatic carbocycles. The van der Waals surface area contributed by atoms with Crippen LogP contribution in [0.4, 0.5) is 5.69 Å². The lowest BCUT2D eigenvalue weighted by atomic mass is 10.1. The molecule has 29 heavy (non-hydrogen) atoms. The molecule has 1 aromatic heterocycles. The standard InChI is InChI=1S/C24H22ClN3O/c1-15-7-5-8-16(2)23(15)28-17(3)11-19(18(28)4)12-20(14-26)24(29)27-22-10-6-9-21(25)13-22/h5-13H,1-4H3,(H,27,29)/b20-12+. The van der Waals surface area contributed by atoms with Gasteiger partial charge in [0.25, 0.3) is 5.91 Å². The van der Waals surface area contributed by atoms with Crippen LogP contribution in [-0.4, -0.2) is 10.5 Å². The molecule has 0 saturated carbocycles. The fraction of sp³-hybridized carbons (Fsp3) is 0.167. The Morgan fingerprint density at radius 3 is 2.34 bits per heavy atom. The van der Waals surface area contributed by atoms with Gasteiger partial charge in [-0.2, -0.15) is 5.26 Å². The summed E-state index contributed by atoms with van der Waals surface area (Å²) in [6.45, 7) is 8.18. The summed E-state index contributed by atoms with van der Waals surface area (Å²) < 4.78 is 2.17. The van der Waals surface area contributed by atoms with Crippen molar-refractivity contribution >= 4 is 29.3 Å². The van der Waals surface area contributed by atoms with Crippen LogP contribution >= 0.6 is 11.6 Å². The van der Waals surface area contributed by atoms with E-state index in [-0.39, 0.29) is 5.57 Å². The summed E-state index contributed by atoms with van der Waals surface area (Å²) in [6.07, 6.45) is 1.63. The molecule has 3 rings (SSSR count). The molecule has 0 unspecified atom stereocenters. The van der Waals surface area contributed by atoms with Crippen LogP contribution in [0.3, 0.4) is 0 Å². The smallest absolute Gasteiger partial charge is 0.266 e. The lowest BCUT2D eigenvalue weighted by Gasteiger charge is -2.15. The molecule has 146 valence electrons. The molecule has 0 radical (unpaired) electrons. The van der Waals surface area contributed by atoms with Gasteiger partial charge in [0.1, 0.15) is 11.6 Å². The number of aromatic nitrogens is 1. The molecule has 0 aliphatic rings. The number of para-hydroxylation sites is 1. The average molecular weight is 404 g/mol. The van der Waals surface area contributed by atoms with E-state index in [1.165, 1.54) is 11.1 Å². The molecule has 0 spiro atoms. The number of halogens is 1. The first-order chi connectivity index (χ1) is 13.8. The molecule has 0 atom stereocenters. The van der Waals surface area contributed by atoms with E-state index in [1.54, 1.807) is 30.3 Å². The zero-order chi connectivity index (χ0) is 21.1. The molecule has 3 aromatic rings. The minimum Gasteiger partial charge on any atom is -0.321 e. The number of aryl methyl sites for hydroxylation is 3. The Balaban J connectivity index is 1.99. The Morgan fingerprint density at radius 1 is 1.07 bits per heavy atom. The summed E-state index contributed by atoms with van der Waals surface area (Å²) >= 11 is 5.96. The second-order valence-corrected chi connectivity index (χ2v) is 7.47. The lowest BCUT2D eigenvalue weighted by molar-refractivity contribution is -0.112. The first-order valence-electron chi connectivity index (χ1n) is 9.26. The maximum absolute atomic E-state index is 12.6. The Labute approximate surface area is 176 Å². The monoisotopic (exact) mass is 403 g/mol. The molecule has 4 nitrogen and oxygen atoms in total. The van der Waals surface area contributed by atoms with E-state index in [0.29, 0.717) is 10.7 Å². The highest BCUT2D eigenvalue weighted by molar-refractivity contribution is 6.31. The summed E-state index contributed by atoms with van der Waals surface area (Å²) in [5.74, 6) is -0.466. The second-order valence-electron chi connectivity index (χ2n) is 7.04. The van der Waals surface area contributed by atoms with Gasteiger partial charge in [-0.05, 0) is 74.7 Å². The van der Waals surface area contributed by atoms with Crippen LogP contribution in [0.5, 0.6) is 0 Å². The predicted molar refractivity (Wildman–Crippen MR) is 118 cm³/mol. The number of nitrogens with zero attached hydrogens (tertiary/aromatic N) is 2. The Morgan fingerprint density at radius 2 is 1.72 bits per heavy atom. The van der Waals surface area contributed by atoms with Gasteiger partial charge in [0.2, 0.25) is 0 Å². The maximum atomic E-state index is 12.6. The summed E-state index contributed by atoms with van der Waals surface area (Å²) in [7, 11) is 0. The normalized spacial score (nSPS) is 11.2. The van der Waals surface area contributed by atoms with E-state index in [2.05, 4.69) is 35.9 Å². The number of anilines is 1. The van der Waals surface area contributed by atoms with E-state index < -0.39 is 5.91 Å². The third kappa shape index (κ3) is 4.26. The SMILES string of the molecule is Cc1cccc(C)c1-n1c(C)cc(/C=C(\C#N)C(=O)Nc2cccc(Cl)c2)c1C. The highest BCUT2D eigenvalue weighted by atomic mass is 35.5. The van der Waals surface area contributed by atoms with Crippen LogP contribution in [0.25, 0.3) is 11.8 Å². The van der Waals surface area contributed by atoms with Crippen LogP contribution in [0, 0.1) is 39.0 Å². The summed E-state index contributed by atoms with van der Waals surface area (Å²) in [6, 6.07) is 17.0. The molecule has 0 saturated heterocycles. The number of carbonyl (C=O) groups excluding carboxylic acids is 1. The van der Waals surface area contributed by atoms with Gasteiger partial charge in [-0.1, -0.05) is 35.9 Å². The number of nitrogens with one attached hydrogen (secondary N) is 1. The van der Waals surface area contributed by atoms with Crippen LogP contribution < -0.4 is 5.32 Å². The van der Waals surface area contributed by atoms with Crippen molar-refractivity contribution in [3.8, 4) is 11.8 Å². The van der Waals surface area contributed by atoms with Gasteiger partial charge in [-0.25, -0.2) is 0 Å². The van der Waals surface area contributed by atoms with Crippen LogP contribution in [0.15, 0.2) is 54.1 Å². The predicted octanol–water partition coefficient (Wildman–Crippen LogP) is 5.91. The largest absolute Gasteiger partial charge is 0.321 e. The van der Waals surface area contributed by atoms with Gasteiger partial charge in [0, 0.05) is 22.1 Å². The highest BCUT2D eigenvalue weighted by Crippen LogP contribution is 2.27. The van der Waals surface area contributed by atoms with Crippen molar-refractivity contribution in [1.82, 2.24) is 4.57 Å². The molecule has 0 aliphatic heterocycles. The molecule has 1 N–H and O–H groups in total. The molecule has 1 heterocycles. The molecule has 5 heteroatoms. The van der Waals surface area contributed by atoms with Gasteiger partial charge < -0.3 is 9.88 Å². The summed E-state index contributed by atoms with van der Waals surface area (Å²) in [5, 5.41) is 12.8. The average Bonchev–Trinajstić information content (AvgIpc) is 2.93. The van der Waals surface area contributed by atoms with Gasteiger partial charge in [0.05, 0.1) is 5.69 Å². The Bertz CT molecular complexity index is 1150. The number of rotatable bonds is 4. The minimum absolute atomic E-state index is 0.0340. The quantitative estimate of drug-likeness (QED) is 0.434. The Kier molecular flexibility index (Phi) is 5.91. The fourth-order valence-electron chi connectivity index (χ4n) is 3.50. The van der Waals surface area contributed by atoms with Gasteiger partial charge in [0.15, 0.2) is 0 Å². The second kappa shape index (κ2) is 8.38. The molecule has 1 amide bonds. The molecule has 0 fully saturated rings. The number of hydrogen-bond acceptors (Lipinski definition) is 2. The summed E-state index contributed by atoms with van der Waals surface area (Å²) in [4.78, 5) is 12.6. The van der Waals surface area contributed by atoms with E-state index in [4.69, 9.17) is 11.6 Å². The zero-order valence-electron chi connectivity index (χ0n) is 16.9. The zero-order valence-corrected chi connectivity index (χ0v) is 17.6. The van der Waals surface area contributed by atoms with Crippen LogP contribution in [-0.2, 0) is 4.79 Å². The maximum Gasteiger partial charge on any atom is 0.266 e. The molecular formula is C24H22ClN3O. The number of hydrogen-bond donors (Lipinski definition) is 1. The van der Waals surface area contributed by atoms with E-state index in [0.717, 1.165) is 22.6 Å². The van der Waals surface area contributed by atoms with E-state index in [1.807, 2.05) is 32.0 Å². The van der Waals surface area contributed by atoms with E-state index in [9.17, 15) is 10.1 Å². The van der Waals surface area contributed by atoms with Crippen molar-refractivity contribution < 1.29 is 4.79 Å². The number of carbonyl (C=O) groups is 1. The third-order valence-corrected chi connectivity index (χ3v) is 5.12. The number of benzene rings is 2. The van der Waals surface area contributed by atoms with E-state index >= 15 is 0 Å². The van der Waals surface area contributed by atoms with Gasteiger partial charge in [-0.3, -0.25) is 4.79 Å². The topological polar surface area (TPSA) is 57.8 Å². The van der Waals surface area contributed by atoms with Crippen LogP contribution in [0.2, 0.25) is 5.02 Å². The third-order valence-electron chi connectivity index (χ3n) is 4.88. The van der Waals surface area contributed by atoms with Crippen molar-refractivity contribution in [3.63, 3.8) is 0 Å². The molecule has 0 bridgehead atoms. The number of nitriles is 1. The van der Waals surface area contributed by atoms with Crippen molar-refractivity contribution in [2.45, 2.75) is 27.7 Å². The Hall–Kier alpha value is -3.29. The minimum atomic E-state index is -0.466. The lowest BCUT2D eigenvalue weighted by Crippen LogP contribution is -2.13. The van der Waals surface area contributed by atoms with Gasteiger partial charge >= 0.3 is 0 Å². The van der Waals surface area contributed by atoms with Crippen LogP contribution in [0.1, 0.15) is 28.1 Å². The fourth-order valence-corrected chi connectivity index (χ4v) is 3.70. The van der Waals surface area contributed by atoms with Crippen molar-refractivity contribution in [1.29, 1.82) is 5.26 Å². The van der Waals surface area contributed by atoms with Gasteiger partial charge in [-0.15, -0.1) is 0 Å². The summed E-state index contributed by atoms with van der Waals surface area (Å²) in [5.41, 5.74) is 6.90. The molecular weight excluding hydrogens is 382 g/mol. The number of amides is 1. The van der Waals surface area contributed by atoms with Crippen molar-refractivity contribution in [2.24, 2.45) is 0 Å². The van der Waals surface area contributed by atoms with Crippen molar-refractivity contribution in [3.05, 3.63) is 87.2 Å². The molecule has 2 aromatic carbocycles. The highest BCUT2D eigenvalue weighted by Gasteiger charge is 2.16.